The number of carbonyl (C=O) groups excluding carboxylic acids is 1. The van der Waals surface area contributed by atoms with E-state index in [1.165, 1.54) is 18.2 Å². The zero-order valence-corrected chi connectivity index (χ0v) is 11.6. The van der Waals surface area contributed by atoms with E-state index >= 15 is 0 Å². The Balaban J connectivity index is 2.13. The summed E-state index contributed by atoms with van der Waals surface area (Å²) in [5, 5.41) is 2.63. The van der Waals surface area contributed by atoms with Crippen LogP contribution in [-0.4, -0.2) is 24.6 Å². The molecule has 5 nitrogen and oxygen atoms in total. The van der Waals surface area contributed by atoms with E-state index in [2.05, 4.69) is 15.0 Å². The molecule has 1 amide bonds. The summed E-state index contributed by atoms with van der Waals surface area (Å²) in [6.07, 6.45) is 1.61. The molecule has 7 heteroatoms. The molecule has 22 heavy (non-hydrogen) atoms. The molecule has 1 aromatic heterocycles. The van der Waals surface area contributed by atoms with Crippen molar-refractivity contribution in [3.63, 3.8) is 0 Å². The number of ether oxygens (including phenoxy) is 2. The zero-order valence-electron chi connectivity index (χ0n) is 11.6. The fraction of sp³-hybridized carbons (Fsp3) is 0.200. The summed E-state index contributed by atoms with van der Waals surface area (Å²) < 4.78 is 34.0. The smallest absolute Gasteiger partial charge is 0.255 e. The Morgan fingerprint density at radius 1 is 1.14 bits per heavy atom. The summed E-state index contributed by atoms with van der Waals surface area (Å²) >= 11 is 0. The number of nitrogens with one attached hydrogen (secondary N) is 1. The van der Waals surface area contributed by atoms with E-state index in [0.717, 1.165) is 0 Å². The van der Waals surface area contributed by atoms with Crippen LogP contribution in [0.15, 0.2) is 42.6 Å². The van der Waals surface area contributed by atoms with Crippen LogP contribution >= 0.6 is 0 Å². The molecular formula is C15H14F2N2O3. The Labute approximate surface area is 125 Å². The lowest BCUT2D eigenvalue weighted by atomic mass is 10.1. The van der Waals surface area contributed by atoms with E-state index in [4.69, 9.17) is 4.74 Å². The van der Waals surface area contributed by atoms with Gasteiger partial charge in [-0.2, -0.15) is 0 Å². The van der Waals surface area contributed by atoms with E-state index in [1.54, 1.807) is 24.4 Å². The van der Waals surface area contributed by atoms with Crippen molar-refractivity contribution in [1.82, 2.24) is 10.3 Å². The second-order valence-corrected chi connectivity index (χ2v) is 4.17. The quantitative estimate of drug-likeness (QED) is 0.854. The summed E-state index contributed by atoms with van der Waals surface area (Å²) in [6, 6.07) is 9.33. The van der Waals surface area contributed by atoms with E-state index in [9.17, 15) is 13.6 Å². The molecule has 2 rings (SSSR count). The summed E-state index contributed by atoms with van der Waals surface area (Å²) in [7, 11) is 0. The van der Waals surface area contributed by atoms with Gasteiger partial charge in [0.25, 0.3) is 5.91 Å². The van der Waals surface area contributed by atoms with Crippen molar-refractivity contribution in [2.24, 2.45) is 0 Å². The van der Waals surface area contributed by atoms with Gasteiger partial charge in [0.15, 0.2) is 0 Å². The minimum Gasteiger partial charge on any atom is -0.463 e. The number of hydrogen-bond acceptors (Lipinski definition) is 4. The van der Waals surface area contributed by atoms with Crippen molar-refractivity contribution in [1.29, 1.82) is 0 Å². The fourth-order valence-corrected chi connectivity index (χ4v) is 1.79. The van der Waals surface area contributed by atoms with Crippen LogP contribution in [0.25, 0.3) is 0 Å². The molecule has 1 aromatic carbocycles. The third-order valence-corrected chi connectivity index (χ3v) is 2.78. The third kappa shape index (κ3) is 4.15. The molecule has 0 radical (unpaired) electrons. The SMILES string of the molecule is O=C(NCc1ccccn1)c1cc(OCF)ccc1OCF. The molecular weight excluding hydrogens is 294 g/mol. The van der Waals surface area contributed by atoms with Gasteiger partial charge in [-0.25, -0.2) is 8.78 Å². The Kier molecular flexibility index (Phi) is 5.65. The van der Waals surface area contributed by atoms with Gasteiger partial charge >= 0.3 is 0 Å². The van der Waals surface area contributed by atoms with Gasteiger partial charge < -0.3 is 14.8 Å². The third-order valence-electron chi connectivity index (χ3n) is 2.78. The number of rotatable bonds is 7. The van der Waals surface area contributed by atoms with Crippen LogP contribution in [0.1, 0.15) is 16.1 Å². The second kappa shape index (κ2) is 7.92. The lowest BCUT2D eigenvalue weighted by Gasteiger charge is -2.11. The molecule has 0 bridgehead atoms. The first-order valence-corrected chi connectivity index (χ1v) is 6.44. The minimum absolute atomic E-state index is 0.0484. The number of halogens is 2. The number of aromatic nitrogens is 1. The van der Waals surface area contributed by atoms with Crippen LogP contribution in [-0.2, 0) is 6.54 Å². The van der Waals surface area contributed by atoms with Crippen molar-refractivity contribution in [3.8, 4) is 11.5 Å². The van der Waals surface area contributed by atoms with E-state index in [0.29, 0.717) is 5.69 Å². The van der Waals surface area contributed by atoms with Crippen LogP contribution in [0, 0.1) is 0 Å². The first-order valence-electron chi connectivity index (χ1n) is 6.44. The number of amides is 1. The molecule has 0 aliphatic rings. The van der Waals surface area contributed by atoms with Crippen molar-refractivity contribution in [2.75, 3.05) is 13.7 Å². The highest BCUT2D eigenvalue weighted by Gasteiger charge is 2.14. The van der Waals surface area contributed by atoms with Gasteiger partial charge in [-0.15, -0.1) is 0 Å². The standard InChI is InChI=1S/C15H14F2N2O3/c16-9-21-12-4-5-14(22-10-17)13(7-12)15(20)19-8-11-3-1-2-6-18-11/h1-7H,8-10H2,(H,19,20). The van der Waals surface area contributed by atoms with Gasteiger partial charge in [0.1, 0.15) is 11.5 Å². The average Bonchev–Trinajstić information content (AvgIpc) is 2.55. The monoisotopic (exact) mass is 308 g/mol. The second-order valence-electron chi connectivity index (χ2n) is 4.17. The highest BCUT2D eigenvalue weighted by atomic mass is 19.1. The molecule has 0 atom stereocenters. The maximum absolute atomic E-state index is 12.4. The van der Waals surface area contributed by atoms with E-state index < -0.39 is 19.6 Å². The van der Waals surface area contributed by atoms with Crippen molar-refractivity contribution >= 4 is 5.91 Å². The summed E-state index contributed by atoms with van der Waals surface area (Å²) in [5.41, 5.74) is 0.722. The molecule has 0 unspecified atom stereocenters. The van der Waals surface area contributed by atoms with Crippen molar-refractivity contribution in [2.45, 2.75) is 6.54 Å². The van der Waals surface area contributed by atoms with Gasteiger partial charge in [-0.05, 0) is 30.3 Å². The highest BCUT2D eigenvalue weighted by molar-refractivity contribution is 5.97. The van der Waals surface area contributed by atoms with Gasteiger partial charge in [0, 0.05) is 6.20 Å². The van der Waals surface area contributed by atoms with E-state index in [-0.39, 0.29) is 23.6 Å². The molecule has 1 heterocycles. The number of hydrogen-bond donors (Lipinski definition) is 1. The predicted molar refractivity (Wildman–Crippen MR) is 75.1 cm³/mol. The van der Waals surface area contributed by atoms with Gasteiger partial charge in [-0.1, -0.05) is 6.07 Å². The largest absolute Gasteiger partial charge is 0.463 e. The number of nitrogens with zero attached hydrogens (tertiary/aromatic N) is 1. The molecule has 0 spiro atoms. The van der Waals surface area contributed by atoms with Gasteiger partial charge in [-0.3, -0.25) is 9.78 Å². The molecule has 0 aliphatic heterocycles. The van der Waals surface area contributed by atoms with Crippen LogP contribution < -0.4 is 14.8 Å². The molecule has 0 fully saturated rings. The Bertz CT molecular complexity index is 623. The Morgan fingerprint density at radius 3 is 2.64 bits per heavy atom. The zero-order chi connectivity index (χ0) is 15.8. The van der Waals surface area contributed by atoms with Crippen LogP contribution in [0.2, 0.25) is 0 Å². The summed E-state index contributed by atoms with van der Waals surface area (Å²) in [4.78, 5) is 16.2. The van der Waals surface area contributed by atoms with E-state index in [1.807, 2.05) is 0 Å². The minimum atomic E-state index is -1.08. The summed E-state index contributed by atoms with van der Waals surface area (Å²) in [6.45, 7) is -1.91. The lowest BCUT2D eigenvalue weighted by Crippen LogP contribution is -2.24. The molecule has 2 aromatic rings. The average molecular weight is 308 g/mol. The lowest BCUT2D eigenvalue weighted by molar-refractivity contribution is 0.0941. The maximum atomic E-state index is 12.4. The molecule has 116 valence electrons. The molecule has 0 saturated carbocycles. The van der Waals surface area contributed by atoms with Crippen LogP contribution in [0.5, 0.6) is 11.5 Å². The first-order chi connectivity index (χ1) is 10.7. The fourth-order valence-electron chi connectivity index (χ4n) is 1.79. The van der Waals surface area contributed by atoms with Crippen molar-refractivity contribution < 1.29 is 23.0 Å². The van der Waals surface area contributed by atoms with Crippen molar-refractivity contribution in [3.05, 3.63) is 53.9 Å². The number of pyridine rings is 1. The Hall–Kier alpha value is -2.70. The maximum Gasteiger partial charge on any atom is 0.255 e. The van der Waals surface area contributed by atoms with Gasteiger partial charge in [0.2, 0.25) is 13.7 Å². The normalized spacial score (nSPS) is 10.1. The molecule has 0 saturated heterocycles. The first kappa shape index (κ1) is 15.7. The number of carbonyl (C=O) groups is 1. The van der Waals surface area contributed by atoms with Crippen LogP contribution in [0.4, 0.5) is 8.78 Å². The summed E-state index contributed by atoms with van der Waals surface area (Å²) in [5.74, 6) is -0.303. The van der Waals surface area contributed by atoms with Gasteiger partial charge in [0.05, 0.1) is 17.8 Å². The number of benzene rings is 1. The van der Waals surface area contributed by atoms with Crippen LogP contribution in [0.3, 0.4) is 0 Å². The predicted octanol–water partition coefficient (Wildman–Crippen LogP) is 2.62. The molecule has 1 N–H and O–H groups in total. The number of alkyl halides is 2. The highest BCUT2D eigenvalue weighted by Crippen LogP contribution is 2.24. The Morgan fingerprint density at radius 2 is 1.95 bits per heavy atom. The molecule has 0 aliphatic carbocycles. The topological polar surface area (TPSA) is 60.5 Å².